The molecule has 0 aliphatic carbocycles. The zero-order chi connectivity index (χ0) is 21.3. The van der Waals surface area contributed by atoms with Gasteiger partial charge in [0.2, 0.25) is 0 Å². The zero-order valence-corrected chi connectivity index (χ0v) is 19.4. The van der Waals surface area contributed by atoms with Gasteiger partial charge in [-0.15, -0.1) is 0 Å². The van der Waals surface area contributed by atoms with Gasteiger partial charge in [0.05, 0.1) is 22.4 Å². The van der Waals surface area contributed by atoms with Crippen LogP contribution in [0.1, 0.15) is 65.7 Å². The van der Waals surface area contributed by atoms with Gasteiger partial charge in [-0.25, -0.2) is 0 Å². The molecular formula is C19H31B2NO5S. The van der Waals surface area contributed by atoms with Gasteiger partial charge in [-0.2, -0.15) is 11.3 Å². The van der Waals surface area contributed by atoms with Crippen molar-refractivity contribution in [1.29, 1.82) is 0 Å². The van der Waals surface area contributed by atoms with E-state index >= 15 is 0 Å². The minimum atomic E-state index is -0.606. The fraction of sp³-hybridized carbons (Fsp3) is 0.737. The molecular weight excluding hydrogens is 376 g/mol. The molecule has 28 heavy (non-hydrogen) atoms. The number of carbonyl (C=O) groups is 1. The summed E-state index contributed by atoms with van der Waals surface area (Å²) < 4.78 is 26.4. The number of carbonyl (C=O) groups excluding carboxylic acids is 1. The maximum atomic E-state index is 12.9. The van der Waals surface area contributed by atoms with E-state index in [0.717, 1.165) is 9.55 Å². The van der Waals surface area contributed by atoms with E-state index in [4.69, 9.17) is 18.6 Å². The summed E-state index contributed by atoms with van der Waals surface area (Å²) in [6.07, 6.45) is 0. The molecule has 0 N–H and O–H groups in total. The molecule has 0 bridgehead atoms. The number of hydrogen-bond donors (Lipinski definition) is 0. The highest BCUT2D eigenvalue weighted by Crippen LogP contribution is 2.39. The van der Waals surface area contributed by atoms with Crippen LogP contribution in [0, 0.1) is 0 Å². The van der Waals surface area contributed by atoms with Crippen molar-refractivity contribution >= 4 is 41.0 Å². The smallest absolute Gasteiger partial charge is 0.399 e. The topological polar surface area (TPSA) is 57.2 Å². The Balaban J connectivity index is 2.00. The molecule has 2 fully saturated rings. The molecule has 1 aromatic rings. The fourth-order valence-electron chi connectivity index (χ4n) is 3.03. The molecule has 0 unspecified atom stereocenters. The van der Waals surface area contributed by atoms with Crippen LogP contribution in [0.5, 0.6) is 0 Å². The first-order valence-corrected chi connectivity index (χ1v) is 10.5. The van der Waals surface area contributed by atoms with Crippen molar-refractivity contribution in [2.24, 2.45) is 0 Å². The summed E-state index contributed by atoms with van der Waals surface area (Å²) in [6.45, 7) is 16.1. The van der Waals surface area contributed by atoms with Crippen LogP contribution in [0.3, 0.4) is 0 Å². The Morgan fingerprint density at radius 1 is 0.821 bits per heavy atom. The lowest BCUT2D eigenvalue weighted by atomic mass is 9.82. The van der Waals surface area contributed by atoms with Gasteiger partial charge in [-0.05, 0) is 61.5 Å². The van der Waals surface area contributed by atoms with Gasteiger partial charge in [0, 0.05) is 29.2 Å². The third-order valence-corrected chi connectivity index (χ3v) is 7.55. The zero-order valence-electron chi connectivity index (χ0n) is 18.6. The predicted molar refractivity (Wildman–Crippen MR) is 114 cm³/mol. The second-order valence-electron chi connectivity index (χ2n) is 9.80. The van der Waals surface area contributed by atoms with E-state index < -0.39 is 36.6 Å². The molecule has 2 saturated heterocycles. The fourth-order valence-corrected chi connectivity index (χ4v) is 4.11. The molecule has 0 spiro atoms. The lowest BCUT2D eigenvalue weighted by Gasteiger charge is -2.32. The molecule has 0 radical (unpaired) electrons. The maximum Gasteiger partial charge on any atom is 0.506 e. The Morgan fingerprint density at radius 2 is 1.21 bits per heavy atom. The van der Waals surface area contributed by atoms with Crippen LogP contribution in [0.2, 0.25) is 0 Å². The van der Waals surface area contributed by atoms with Crippen LogP contribution in [-0.4, -0.2) is 61.5 Å². The summed E-state index contributed by atoms with van der Waals surface area (Å²) >= 11 is 1.46. The van der Waals surface area contributed by atoms with Crippen LogP contribution in [0.25, 0.3) is 0 Å². The highest BCUT2D eigenvalue weighted by atomic mass is 32.1. The Bertz CT molecular complexity index is 755. The number of thiophene rings is 1. The van der Waals surface area contributed by atoms with E-state index in [1.807, 2.05) is 61.5 Å². The van der Waals surface area contributed by atoms with Crippen molar-refractivity contribution in [3.63, 3.8) is 0 Å². The molecule has 1 amide bonds. The SMILES string of the molecule is CN(C)C(=O)c1cc(B2OC(C)(C)C(C)(C)O2)sc1B1OC(C)(C)C(C)(C)O1. The Labute approximate surface area is 173 Å². The van der Waals surface area contributed by atoms with Crippen molar-refractivity contribution in [3.8, 4) is 0 Å². The van der Waals surface area contributed by atoms with Gasteiger partial charge in [0.1, 0.15) is 0 Å². The van der Waals surface area contributed by atoms with Gasteiger partial charge < -0.3 is 23.5 Å². The van der Waals surface area contributed by atoms with E-state index in [9.17, 15) is 4.79 Å². The molecule has 0 saturated carbocycles. The van der Waals surface area contributed by atoms with Gasteiger partial charge in [0.25, 0.3) is 5.91 Å². The molecule has 9 heteroatoms. The lowest BCUT2D eigenvalue weighted by molar-refractivity contribution is 0.00578. The predicted octanol–water partition coefficient (Wildman–Crippen LogP) is 2.05. The van der Waals surface area contributed by atoms with Crippen LogP contribution >= 0.6 is 11.3 Å². The molecule has 6 nitrogen and oxygen atoms in total. The van der Waals surface area contributed by atoms with E-state index in [0.29, 0.717) is 5.56 Å². The summed E-state index contributed by atoms with van der Waals surface area (Å²) in [5.74, 6) is -0.0938. The number of amides is 1. The molecule has 0 atom stereocenters. The number of hydrogen-bond acceptors (Lipinski definition) is 6. The summed E-state index contributed by atoms with van der Waals surface area (Å²) in [6, 6.07) is 1.86. The second-order valence-corrected chi connectivity index (χ2v) is 10.9. The molecule has 2 aliphatic heterocycles. The van der Waals surface area contributed by atoms with Crippen molar-refractivity contribution < 1.29 is 23.4 Å². The lowest BCUT2D eigenvalue weighted by Crippen LogP contribution is -2.41. The number of rotatable bonds is 3. The van der Waals surface area contributed by atoms with Crippen LogP contribution in [0.4, 0.5) is 0 Å². The molecule has 3 heterocycles. The van der Waals surface area contributed by atoms with Crippen molar-refractivity contribution in [3.05, 3.63) is 11.6 Å². The third-order valence-electron chi connectivity index (χ3n) is 6.37. The minimum absolute atomic E-state index is 0.0938. The van der Waals surface area contributed by atoms with Gasteiger partial charge in [-0.3, -0.25) is 4.79 Å². The molecule has 2 aliphatic rings. The normalized spacial score (nSPS) is 24.6. The number of nitrogens with zero attached hydrogens (tertiary/aromatic N) is 1. The summed E-state index contributed by atoms with van der Waals surface area (Å²) in [4.78, 5) is 14.4. The van der Waals surface area contributed by atoms with E-state index in [-0.39, 0.29) is 5.91 Å². The summed E-state index contributed by atoms with van der Waals surface area (Å²) in [5.41, 5.74) is -1.29. The van der Waals surface area contributed by atoms with E-state index in [1.165, 1.54) is 11.3 Å². The third kappa shape index (κ3) is 3.45. The first-order chi connectivity index (χ1) is 12.6. The highest BCUT2D eigenvalue weighted by Gasteiger charge is 2.55. The maximum absolute atomic E-state index is 12.9. The molecule has 3 rings (SSSR count). The highest BCUT2D eigenvalue weighted by molar-refractivity contribution is 7.30. The second kappa shape index (κ2) is 6.57. The first-order valence-electron chi connectivity index (χ1n) is 9.64. The van der Waals surface area contributed by atoms with E-state index in [2.05, 4.69) is 0 Å². The monoisotopic (exact) mass is 407 g/mol. The van der Waals surface area contributed by atoms with Gasteiger partial charge in [0.15, 0.2) is 0 Å². The molecule has 1 aromatic heterocycles. The Morgan fingerprint density at radius 3 is 1.61 bits per heavy atom. The average molecular weight is 407 g/mol. The Kier molecular flexibility index (Phi) is 5.13. The molecule has 154 valence electrons. The van der Waals surface area contributed by atoms with Gasteiger partial charge in [-0.1, -0.05) is 0 Å². The van der Waals surface area contributed by atoms with Crippen molar-refractivity contribution in [2.45, 2.75) is 77.8 Å². The summed E-state index contributed by atoms with van der Waals surface area (Å²) in [5, 5.41) is 0. The minimum Gasteiger partial charge on any atom is -0.399 e. The standard InChI is InChI=1S/C19H31B2NO5S/c1-16(2)17(3,4)25-20(24-16)13-11-12(15(23)22(9)10)14(28-13)21-26-18(5,6)19(7,8)27-21/h11H,1-10H3. The summed E-state index contributed by atoms with van der Waals surface area (Å²) in [7, 11) is 2.34. The molecule has 0 aromatic carbocycles. The van der Waals surface area contributed by atoms with Crippen LogP contribution < -0.4 is 9.55 Å². The Hall–Kier alpha value is -0.860. The van der Waals surface area contributed by atoms with E-state index in [1.54, 1.807) is 19.0 Å². The first kappa shape index (κ1) is 21.8. The largest absolute Gasteiger partial charge is 0.506 e. The van der Waals surface area contributed by atoms with Gasteiger partial charge >= 0.3 is 14.2 Å². The van der Waals surface area contributed by atoms with Crippen molar-refractivity contribution in [1.82, 2.24) is 4.90 Å². The van der Waals surface area contributed by atoms with Crippen LogP contribution in [0.15, 0.2) is 6.07 Å². The quantitative estimate of drug-likeness (QED) is 0.719. The van der Waals surface area contributed by atoms with Crippen LogP contribution in [-0.2, 0) is 18.6 Å². The average Bonchev–Trinajstić information content (AvgIpc) is 3.10. The van der Waals surface area contributed by atoms with Crippen molar-refractivity contribution in [2.75, 3.05) is 14.1 Å².